The summed E-state index contributed by atoms with van der Waals surface area (Å²) in [5.74, 6) is 2.17. The largest absolute Gasteiger partial charge is 0.377 e. The fraction of sp³-hybridized carbons (Fsp3) is 0.636. The van der Waals surface area contributed by atoms with E-state index in [0.717, 1.165) is 12.4 Å². The SMILES string of the molecule is CN(C)c1nccc(N2CCOCC2CCl)n1. The van der Waals surface area contributed by atoms with Crippen LogP contribution < -0.4 is 9.80 Å². The van der Waals surface area contributed by atoms with Crippen molar-refractivity contribution < 1.29 is 4.74 Å². The predicted molar refractivity (Wildman–Crippen MR) is 69.0 cm³/mol. The average Bonchev–Trinajstić information content (AvgIpc) is 2.39. The zero-order chi connectivity index (χ0) is 12.3. The third-order valence-corrected chi connectivity index (χ3v) is 3.08. The molecule has 0 amide bonds. The van der Waals surface area contributed by atoms with Gasteiger partial charge in [0.1, 0.15) is 5.82 Å². The molecule has 0 saturated carbocycles. The quantitative estimate of drug-likeness (QED) is 0.755. The van der Waals surface area contributed by atoms with Gasteiger partial charge < -0.3 is 14.5 Å². The third kappa shape index (κ3) is 2.79. The number of alkyl halides is 1. The van der Waals surface area contributed by atoms with Crippen LogP contribution in [0.2, 0.25) is 0 Å². The molecule has 1 saturated heterocycles. The molecule has 1 aliphatic rings. The number of hydrogen-bond acceptors (Lipinski definition) is 5. The smallest absolute Gasteiger partial charge is 0.226 e. The molecule has 0 N–H and O–H groups in total. The molecule has 0 spiro atoms. The molecule has 2 rings (SSSR count). The summed E-state index contributed by atoms with van der Waals surface area (Å²) in [6.07, 6.45) is 1.78. The maximum Gasteiger partial charge on any atom is 0.226 e. The third-order valence-electron chi connectivity index (χ3n) is 2.73. The lowest BCUT2D eigenvalue weighted by Gasteiger charge is -2.35. The monoisotopic (exact) mass is 256 g/mol. The molecule has 0 aromatic carbocycles. The van der Waals surface area contributed by atoms with Crippen molar-refractivity contribution in [3.05, 3.63) is 12.3 Å². The Bertz CT molecular complexity index is 374. The zero-order valence-corrected chi connectivity index (χ0v) is 10.9. The van der Waals surface area contributed by atoms with Crippen LogP contribution in [-0.2, 0) is 4.74 Å². The van der Waals surface area contributed by atoms with Crippen LogP contribution >= 0.6 is 11.6 Å². The van der Waals surface area contributed by atoms with Crippen LogP contribution in [0.25, 0.3) is 0 Å². The van der Waals surface area contributed by atoms with Crippen LogP contribution in [0.1, 0.15) is 0 Å². The van der Waals surface area contributed by atoms with Crippen LogP contribution in [0, 0.1) is 0 Å². The first-order valence-electron chi connectivity index (χ1n) is 5.63. The van der Waals surface area contributed by atoms with E-state index in [4.69, 9.17) is 16.3 Å². The first kappa shape index (κ1) is 12.4. The van der Waals surface area contributed by atoms with Crippen molar-refractivity contribution in [2.24, 2.45) is 0 Å². The highest BCUT2D eigenvalue weighted by atomic mass is 35.5. The van der Waals surface area contributed by atoms with E-state index in [2.05, 4.69) is 14.9 Å². The van der Waals surface area contributed by atoms with Gasteiger partial charge in [0.15, 0.2) is 0 Å². The van der Waals surface area contributed by atoms with E-state index in [0.29, 0.717) is 25.0 Å². The molecule has 5 nitrogen and oxygen atoms in total. The molecule has 0 aliphatic carbocycles. The predicted octanol–water partition coefficient (Wildman–Crippen LogP) is 0.987. The van der Waals surface area contributed by atoms with Gasteiger partial charge in [-0.25, -0.2) is 4.98 Å². The van der Waals surface area contributed by atoms with Gasteiger partial charge in [-0.05, 0) is 6.07 Å². The van der Waals surface area contributed by atoms with Gasteiger partial charge in [0.05, 0.1) is 19.3 Å². The van der Waals surface area contributed by atoms with E-state index >= 15 is 0 Å². The first-order valence-corrected chi connectivity index (χ1v) is 6.16. The Hall–Kier alpha value is -1.07. The van der Waals surface area contributed by atoms with Crippen LogP contribution in [0.5, 0.6) is 0 Å². The highest BCUT2D eigenvalue weighted by Crippen LogP contribution is 2.19. The standard InChI is InChI=1S/C11H17ClN4O/c1-15(2)11-13-4-3-10(14-11)16-5-6-17-8-9(16)7-12/h3-4,9H,5-8H2,1-2H3. The molecule has 1 fully saturated rings. The Kier molecular flexibility index (Phi) is 4.02. The van der Waals surface area contributed by atoms with Gasteiger partial charge in [-0.1, -0.05) is 0 Å². The van der Waals surface area contributed by atoms with Gasteiger partial charge in [-0.15, -0.1) is 11.6 Å². The second kappa shape index (κ2) is 5.51. The number of ether oxygens (including phenoxy) is 1. The van der Waals surface area contributed by atoms with E-state index in [1.54, 1.807) is 6.20 Å². The maximum absolute atomic E-state index is 5.95. The van der Waals surface area contributed by atoms with Gasteiger partial charge in [-0.2, -0.15) is 4.98 Å². The van der Waals surface area contributed by atoms with Crippen LogP contribution in [-0.4, -0.2) is 55.7 Å². The lowest BCUT2D eigenvalue weighted by atomic mass is 10.2. The second-order valence-corrected chi connectivity index (χ2v) is 4.49. The number of rotatable bonds is 3. The van der Waals surface area contributed by atoms with E-state index in [1.807, 2.05) is 25.1 Å². The Morgan fingerprint density at radius 2 is 2.41 bits per heavy atom. The molecule has 2 heterocycles. The molecular formula is C11H17ClN4O. The first-order chi connectivity index (χ1) is 8.22. The molecule has 1 unspecified atom stereocenters. The molecule has 1 aromatic rings. The minimum Gasteiger partial charge on any atom is -0.377 e. The number of nitrogens with zero attached hydrogens (tertiary/aromatic N) is 4. The van der Waals surface area contributed by atoms with E-state index in [9.17, 15) is 0 Å². The van der Waals surface area contributed by atoms with Crippen molar-refractivity contribution in [2.45, 2.75) is 6.04 Å². The zero-order valence-electron chi connectivity index (χ0n) is 10.1. The number of anilines is 2. The fourth-order valence-corrected chi connectivity index (χ4v) is 2.05. The number of aromatic nitrogens is 2. The summed E-state index contributed by atoms with van der Waals surface area (Å²) >= 11 is 5.95. The van der Waals surface area contributed by atoms with Crippen LogP contribution in [0.3, 0.4) is 0 Å². The van der Waals surface area contributed by atoms with E-state index in [1.165, 1.54) is 0 Å². The second-order valence-electron chi connectivity index (χ2n) is 4.19. The summed E-state index contributed by atoms with van der Waals surface area (Å²) in [5.41, 5.74) is 0. The molecule has 1 atom stereocenters. The van der Waals surface area contributed by atoms with Crippen molar-refractivity contribution >= 4 is 23.4 Å². The van der Waals surface area contributed by atoms with E-state index in [-0.39, 0.29) is 6.04 Å². The fourth-order valence-electron chi connectivity index (χ4n) is 1.80. The van der Waals surface area contributed by atoms with Gasteiger partial charge in [0, 0.05) is 32.7 Å². The van der Waals surface area contributed by atoms with Gasteiger partial charge >= 0.3 is 0 Å². The minimum atomic E-state index is 0.190. The van der Waals surface area contributed by atoms with Crippen molar-refractivity contribution in [2.75, 3.05) is 49.5 Å². The van der Waals surface area contributed by atoms with Crippen molar-refractivity contribution in [3.8, 4) is 0 Å². The van der Waals surface area contributed by atoms with Crippen LogP contribution in [0.15, 0.2) is 12.3 Å². The average molecular weight is 257 g/mol. The molecule has 17 heavy (non-hydrogen) atoms. The van der Waals surface area contributed by atoms with E-state index < -0.39 is 0 Å². The molecule has 94 valence electrons. The molecular weight excluding hydrogens is 240 g/mol. The summed E-state index contributed by atoms with van der Waals surface area (Å²) in [7, 11) is 3.86. The Labute approximate surface area is 106 Å². The highest BCUT2D eigenvalue weighted by molar-refractivity contribution is 6.18. The number of morpholine rings is 1. The van der Waals surface area contributed by atoms with Crippen LogP contribution in [0.4, 0.5) is 11.8 Å². The summed E-state index contributed by atoms with van der Waals surface area (Å²) in [6, 6.07) is 2.10. The lowest BCUT2D eigenvalue weighted by molar-refractivity contribution is 0.0994. The Morgan fingerprint density at radius 1 is 1.59 bits per heavy atom. The molecule has 0 bridgehead atoms. The Balaban J connectivity index is 2.22. The molecule has 1 aliphatic heterocycles. The summed E-state index contributed by atoms with van der Waals surface area (Å²) < 4.78 is 5.42. The summed E-state index contributed by atoms with van der Waals surface area (Å²) in [4.78, 5) is 12.8. The Morgan fingerprint density at radius 3 is 3.12 bits per heavy atom. The maximum atomic E-state index is 5.95. The normalized spacial score (nSPS) is 20.4. The van der Waals surface area contributed by atoms with Gasteiger partial charge in [0.2, 0.25) is 5.95 Å². The molecule has 1 aromatic heterocycles. The number of halogens is 1. The molecule has 0 radical (unpaired) electrons. The number of hydrogen-bond donors (Lipinski definition) is 0. The summed E-state index contributed by atoms with van der Waals surface area (Å²) in [6.45, 7) is 2.20. The topological polar surface area (TPSA) is 41.5 Å². The van der Waals surface area contributed by atoms with Gasteiger partial charge in [-0.3, -0.25) is 0 Å². The van der Waals surface area contributed by atoms with Crippen molar-refractivity contribution in [1.82, 2.24) is 9.97 Å². The highest BCUT2D eigenvalue weighted by Gasteiger charge is 2.23. The molecule has 6 heteroatoms. The van der Waals surface area contributed by atoms with Gasteiger partial charge in [0.25, 0.3) is 0 Å². The lowest BCUT2D eigenvalue weighted by Crippen LogP contribution is -2.47. The van der Waals surface area contributed by atoms with Crippen molar-refractivity contribution in [3.63, 3.8) is 0 Å². The summed E-state index contributed by atoms with van der Waals surface area (Å²) in [5, 5.41) is 0. The minimum absolute atomic E-state index is 0.190. The van der Waals surface area contributed by atoms with Crippen molar-refractivity contribution in [1.29, 1.82) is 0 Å².